The van der Waals surface area contributed by atoms with E-state index in [4.69, 9.17) is 4.74 Å². The molecule has 1 unspecified atom stereocenters. The summed E-state index contributed by atoms with van der Waals surface area (Å²) in [5.41, 5.74) is 1.98. The molecule has 0 radical (unpaired) electrons. The number of allylic oxidation sites excluding steroid dienone is 1. The van der Waals surface area contributed by atoms with Crippen LogP contribution in [0.4, 0.5) is 0 Å². The minimum atomic E-state index is -0.0184. The minimum absolute atomic E-state index is 0.0184. The Bertz CT molecular complexity index is 573. The number of aromatic hydroxyl groups is 2. The lowest BCUT2D eigenvalue weighted by Gasteiger charge is -2.15. The second-order valence-corrected chi connectivity index (χ2v) is 4.24. The molecule has 0 aliphatic rings. The summed E-state index contributed by atoms with van der Waals surface area (Å²) in [6.07, 6.45) is 1.82. The molecule has 3 heteroatoms. The van der Waals surface area contributed by atoms with Gasteiger partial charge in [0.1, 0.15) is 5.75 Å². The fraction of sp³-hybridized carbons (Fsp3) is 0.125. The number of benzene rings is 2. The topological polar surface area (TPSA) is 49.7 Å². The fourth-order valence-electron chi connectivity index (χ4n) is 2.03. The largest absolute Gasteiger partial charge is 0.508 e. The number of rotatable bonds is 4. The zero-order valence-electron chi connectivity index (χ0n) is 10.7. The Morgan fingerprint density at radius 2 is 1.68 bits per heavy atom. The van der Waals surface area contributed by atoms with Crippen molar-refractivity contribution in [1.29, 1.82) is 0 Å². The van der Waals surface area contributed by atoms with Crippen molar-refractivity contribution in [1.82, 2.24) is 0 Å². The van der Waals surface area contributed by atoms with Crippen LogP contribution in [0.25, 0.3) is 0 Å². The number of ether oxygens (including phenoxy) is 1. The smallest absolute Gasteiger partial charge is 0.160 e. The van der Waals surface area contributed by atoms with Gasteiger partial charge in [-0.1, -0.05) is 24.3 Å². The second kappa shape index (κ2) is 5.48. The molecule has 0 bridgehead atoms. The van der Waals surface area contributed by atoms with E-state index in [1.807, 2.05) is 24.3 Å². The number of methoxy groups -OCH3 is 1. The Balaban J connectivity index is 2.42. The second-order valence-electron chi connectivity index (χ2n) is 4.24. The molecular formula is C16H16O3. The van der Waals surface area contributed by atoms with Crippen LogP contribution in [0.1, 0.15) is 17.0 Å². The first-order valence-electron chi connectivity index (χ1n) is 5.94. The Morgan fingerprint density at radius 1 is 1.05 bits per heavy atom. The van der Waals surface area contributed by atoms with Crippen LogP contribution in [0.5, 0.6) is 17.2 Å². The first-order valence-corrected chi connectivity index (χ1v) is 5.94. The molecule has 0 aliphatic carbocycles. The molecule has 19 heavy (non-hydrogen) atoms. The number of phenols is 2. The highest BCUT2D eigenvalue weighted by Crippen LogP contribution is 2.33. The molecule has 0 amide bonds. The lowest BCUT2D eigenvalue weighted by molar-refractivity contribution is 0.373. The Kier molecular flexibility index (Phi) is 3.76. The maximum absolute atomic E-state index is 9.61. The Hall–Kier alpha value is -2.42. The van der Waals surface area contributed by atoms with E-state index in [0.29, 0.717) is 5.75 Å². The highest BCUT2D eigenvalue weighted by molar-refractivity contribution is 5.47. The highest BCUT2D eigenvalue weighted by Gasteiger charge is 2.13. The Labute approximate surface area is 112 Å². The van der Waals surface area contributed by atoms with Crippen LogP contribution >= 0.6 is 0 Å². The van der Waals surface area contributed by atoms with Crippen molar-refractivity contribution in [2.45, 2.75) is 5.92 Å². The van der Waals surface area contributed by atoms with Gasteiger partial charge in [0, 0.05) is 5.92 Å². The van der Waals surface area contributed by atoms with Crippen molar-refractivity contribution in [3.8, 4) is 17.2 Å². The zero-order chi connectivity index (χ0) is 13.8. The standard InChI is InChI=1S/C16H16O3/c1-3-14(11-4-7-13(17)8-5-11)12-6-9-15(18)16(10-12)19-2/h3-10,14,17-18H,1H2,2H3. The molecule has 0 spiro atoms. The average Bonchev–Trinajstić information content (AvgIpc) is 2.43. The summed E-state index contributed by atoms with van der Waals surface area (Å²) >= 11 is 0. The summed E-state index contributed by atoms with van der Waals surface area (Å²) < 4.78 is 5.11. The summed E-state index contributed by atoms with van der Waals surface area (Å²) in [6.45, 7) is 3.85. The molecule has 0 heterocycles. The lowest BCUT2D eigenvalue weighted by Crippen LogP contribution is -1.98. The molecule has 3 nitrogen and oxygen atoms in total. The molecule has 0 aromatic heterocycles. The quantitative estimate of drug-likeness (QED) is 0.824. The predicted molar refractivity (Wildman–Crippen MR) is 74.8 cm³/mol. The molecule has 2 aromatic rings. The van der Waals surface area contributed by atoms with Gasteiger partial charge < -0.3 is 14.9 Å². The van der Waals surface area contributed by atoms with Gasteiger partial charge in [0.05, 0.1) is 7.11 Å². The van der Waals surface area contributed by atoms with Crippen molar-refractivity contribution >= 4 is 0 Å². The van der Waals surface area contributed by atoms with Crippen LogP contribution in [0.15, 0.2) is 55.1 Å². The average molecular weight is 256 g/mol. The zero-order valence-corrected chi connectivity index (χ0v) is 10.7. The maximum Gasteiger partial charge on any atom is 0.160 e. The van der Waals surface area contributed by atoms with Crippen molar-refractivity contribution in [2.75, 3.05) is 7.11 Å². The first kappa shape index (κ1) is 13.0. The molecule has 2 rings (SSSR count). The van der Waals surface area contributed by atoms with E-state index in [0.717, 1.165) is 11.1 Å². The van der Waals surface area contributed by atoms with E-state index in [2.05, 4.69) is 6.58 Å². The third kappa shape index (κ3) is 2.71. The molecule has 0 saturated heterocycles. The van der Waals surface area contributed by atoms with E-state index in [-0.39, 0.29) is 17.4 Å². The predicted octanol–water partition coefficient (Wildman–Crippen LogP) is 3.42. The summed E-state index contributed by atoms with van der Waals surface area (Å²) in [4.78, 5) is 0. The van der Waals surface area contributed by atoms with Crippen molar-refractivity contribution in [2.24, 2.45) is 0 Å². The summed E-state index contributed by atoms with van der Waals surface area (Å²) in [6, 6.07) is 12.2. The summed E-state index contributed by atoms with van der Waals surface area (Å²) in [5, 5.41) is 18.9. The van der Waals surface area contributed by atoms with Crippen LogP contribution < -0.4 is 4.74 Å². The van der Waals surface area contributed by atoms with Gasteiger partial charge in [0.2, 0.25) is 0 Å². The summed E-state index contributed by atoms with van der Waals surface area (Å²) in [5.74, 6) is 0.757. The maximum atomic E-state index is 9.61. The van der Waals surface area contributed by atoms with Crippen LogP contribution in [-0.2, 0) is 0 Å². The third-order valence-electron chi connectivity index (χ3n) is 3.05. The lowest BCUT2D eigenvalue weighted by atomic mass is 9.91. The normalized spacial score (nSPS) is 11.8. The van der Waals surface area contributed by atoms with E-state index >= 15 is 0 Å². The van der Waals surface area contributed by atoms with E-state index in [1.165, 1.54) is 7.11 Å². The van der Waals surface area contributed by atoms with Gasteiger partial charge in [-0.25, -0.2) is 0 Å². The number of hydrogen-bond acceptors (Lipinski definition) is 3. The van der Waals surface area contributed by atoms with Gasteiger partial charge in [0.25, 0.3) is 0 Å². The van der Waals surface area contributed by atoms with E-state index in [1.54, 1.807) is 24.3 Å². The molecule has 0 aliphatic heterocycles. The van der Waals surface area contributed by atoms with Gasteiger partial charge in [-0.15, -0.1) is 6.58 Å². The van der Waals surface area contributed by atoms with Gasteiger partial charge in [-0.3, -0.25) is 0 Å². The monoisotopic (exact) mass is 256 g/mol. The molecule has 0 fully saturated rings. The summed E-state index contributed by atoms with van der Waals surface area (Å²) in [7, 11) is 1.52. The van der Waals surface area contributed by atoms with Gasteiger partial charge in [-0.2, -0.15) is 0 Å². The SMILES string of the molecule is C=CC(c1ccc(O)cc1)c1ccc(O)c(OC)c1. The molecule has 1 atom stereocenters. The molecular weight excluding hydrogens is 240 g/mol. The van der Waals surface area contributed by atoms with E-state index in [9.17, 15) is 10.2 Å². The van der Waals surface area contributed by atoms with E-state index < -0.39 is 0 Å². The van der Waals surface area contributed by atoms with Crippen LogP contribution in [-0.4, -0.2) is 17.3 Å². The minimum Gasteiger partial charge on any atom is -0.508 e. The van der Waals surface area contributed by atoms with Gasteiger partial charge in [0.15, 0.2) is 11.5 Å². The molecule has 2 N–H and O–H groups in total. The first-order chi connectivity index (χ1) is 9.15. The number of phenolic OH excluding ortho intramolecular Hbond substituents is 2. The Morgan fingerprint density at radius 3 is 2.26 bits per heavy atom. The number of hydrogen-bond donors (Lipinski definition) is 2. The van der Waals surface area contributed by atoms with Crippen molar-refractivity contribution in [3.63, 3.8) is 0 Å². The van der Waals surface area contributed by atoms with Crippen LogP contribution in [0.3, 0.4) is 0 Å². The van der Waals surface area contributed by atoms with Gasteiger partial charge in [-0.05, 0) is 35.4 Å². The molecule has 0 saturated carbocycles. The van der Waals surface area contributed by atoms with Crippen LogP contribution in [0.2, 0.25) is 0 Å². The molecule has 2 aromatic carbocycles. The van der Waals surface area contributed by atoms with Crippen molar-refractivity contribution < 1.29 is 14.9 Å². The fourth-order valence-corrected chi connectivity index (χ4v) is 2.03. The van der Waals surface area contributed by atoms with Crippen molar-refractivity contribution in [3.05, 3.63) is 66.2 Å². The molecule has 98 valence electrons. The third-order valence-corrected chi connectivity index (χ3v) is 3.05. The van der Waals surface area contributed by atoms with Crippen LogP contribution in [0, 0.1) is 0 Å². The highest BCUT2D eigenvalue weighted by atomic mass is 16.5. The van der Waals surface area contributed by atoms with Gasteiger partial charge >= 0.3 is 0 Å².